The van der Waals surface area contributed by atoms with Crippen molar-refractivity contribution in [1.82, 2.24) is 15.3 Å². The summed E-state index contributed by atoms with van der Waals surface area (Å²) in [5.74, 6) is 2.63. The van der Waals surface area contributed by atoms with Crippen LogP contribution in [0.2, 0.25) is 0 Å². The molecule has 1 amide bonds. The van der Waals surface area contributed by atoms with Gasteiger partial charge in [0, 0.05) is 24.8 Å². The number of carbonyl (C=O) groups excluding carboxylic acids is 1. The Balaban J connectivity index is 1.39. The minimum atomic E-state index is -0.504. The van der Waals surface area contributed by atoms with Crippen LogP contribution in [0, 0.1) is 5.41 Å². The Morgan fingerprint density at radius 2 is 2.12 bits per heavy atom. The van der Waals surface area contributed by atoms with Gasteiger partial charge < -0.3 is 25.4 Å². The smallest absolute Gasteiger partial charge is 0.231 e. The van der Waals surface area contributed by atoms with Gasteiger partial charge in [0.25, 0.3) is 0 Å². The monoisotopic (exact) mass is 435 g/mol. The first-order valence-corrected chi connectivity index (χ1v) is 11.1. The van der Waals surface area contributed by atoms with Gasteiger partial charge >= 0.3 is 0 Å². The standard InChI is InChI=1S/C24H29N5O3/c1-15(2)7-9-24(22(30)27-13-16-3-5-18-19(11-16)32-14-31-18)12-17-4-6-20(24)29(17)21-8-10-26-23(25)28-21/h3,5,7-8,10-11,17,20H,4,6,9,12-14H2,1-2H3,(H,27,30)(H2,25,26,28)/t17-,20+,24+/m1/s1. The molecule has 2 aromatic rings. The highest BCUT2D eigenvalue weighted by atomic mass is 16.7. The molecule has 5 rings (SSSR count). The SMILES string of the molecule is CC(C)=CC[C@]1(C(=O)NCc2ccc3c(c2)OCO3)C[C@H]2CC[C@@H]1N2c1ccnc(N)n1. The fourth-order valence-electron chi connectivity index (χ4n) is 5.39. The highest BCUT2D eigenvalue weighted by molar-refractivity contribution is 5.86. The van der Waals surface area contributed by atoms with E-state index in [1.807, 2.05) is 24.3 Å². The predicted octanol–water partition coefficient (Wildman–Crippen LogP) is 3.19. The molecule has 0 spiro atoms. The molecule has 2 saturated heterocycles. The average molecular weight is 436 g/mol. The van der Waals surface area contributed by atoms with Crippen molar-refractivity contribution in [3.63, 3.8) is 0 Å². The topological polar surface area (TPSA) is 103 Å². The Morgan fingerprint density at radius 1 is 1.28 bits per heavy atom. The molecular formula is C24H29N5O3. The van der Waals surface area contributed by atoms with Gasteiger partial charge in [-0.3, -0.25) is 4.79 Å². The Labute approximate surface area is 187 Å². The van der Waals surface area contributed by atoms with E-state index >= 15 is 0 Å². The van der Waals surface area contributed by atoms with Gasteiger partial charge in [-0.25, -0.2) is 4.98 Å². The molecule has 3 N–H and O–H groups in total. The van der Waals surface area contributed by atoms with Crippen molar-refractivity contribution >= 4 is 17.7 Å². The van der Waals surface area contributed by atoms with E-state index in [0.29, 0.717) is 13.0 Å². The summed E-state index contributed by atoms with van der Waals surface area (Å²) in [6.07, 6.45) is 7.41. The van der Waals surface area contributed by atoms with Crippen LogP contribution in [-0.2, 0) is 11.3 Å². The molecule has 2 fully saturated rings. The average Bonchev–Trinajstić information content (AvgIpc) is 3.49. The molecule has 8 nitrogen and oxygen atoms in total. The Morgan fingerprint density at radius 3 is 2.94 bits per heavy atom. The maximum Gasteiger partial charge on any atom is 0.231 e. The van der Waals surface area contributed by atoms with Crippen LogP contribution < -0.4 is 25.4 Å². The third kappa shape index (κ3) is 3.53. The number of nitrogens with one attached hydrogen (secondary N) is 1. The number of carbonyl (C=O) groups is 1. The normalized spacial score (nSPS) is 25.1. The van der Waals surface area contributed by atoms with Crippen LogP contribution in [0.15, 0.2) is 42.1 Å². The van der Waals surface area contributed by atoms with E-state index in [9.17, 15) is 4.79 Å². The van der Waals surface area contributed by atoms with Crippen LogP contribution in [-0.4, -0.2) is 34.8 Å². The number of nitrogen functional groups attached to an aromatic ring is 1. The van der Waals surface area contributed by atoms with E-state index in [2.05, 4.69) is 40.1 Å². The fraction of sp³-hybridized carbons (Fsp3) is 0.458. The second kappa shape index (κ2) is 8.00. The van der Waals surface area contributed by atoms with E-state index in [4.69, 9.17) is 15.2 Å². The summed E-state index contributed by atoms with van der Waals surface area (Å²) >= 11 is 0. The van der Waals surface area contributed by atoms with Crippen molar-refractivity contribution in [3.8, 4) is 11.5 Å². The molecule has 32 heavy (non-hydrogen) atoms. The third-order valence-electron chi connectivity index (χ3n) is 6.88. The first-order valence-electron chi connectivity index (χ1n) is 11.1. The number of hydrogen-bond donors (Lipinski definition) is 2. The van der Waals surface area contributed by atoms with Crippen molar-refractivity contribution in [3.05, 3.63) is 47.7 Å². The van der Waals surface area contributed by atoms with Crippen LogP contribution >= 0.6 is 0 Å². The molecule has 0 radical (unpaired) electrons. The minimum Gasteiger partial charge on any atom is -0.454 e. The fourth-order valence-corrected chi connectivity index (χ4v) is 5.39. The molecule has 0 unspecified atom stereocenters. The molecule has 3 aliphatic heterocycles. The van der Waals surface area contributed by atoms with E-state index in [0.717, 1.165) is 42.1 Å². The lowest BCUT2D eigenvalue weighted by molar-refractivity contribution is -0.132. The summed E-state index contributed by atoms with van der Waals surface area (Å²) in [7, 11) is 0. The number of rotatable bonds is 6. The molecule has 3 aliphatic rings. The number of benzene rings is 1. The van der Waals surface area contributed by atoms with E-state index < -0.39 is 5.41 Å². The Hall–Kier alpha value is -3.29. The highest BCUT2D eigenvalue weighted by Crippen LogP contribution is 2.53. The number of anilines is 2. The maximum atomic E-state index is 13.7. The van der Waals surface area contributed by atoms with E-state index in [1.165, 1.54) is 5.57 Å². The van der Waals surface area contributed by atoms with Crippen molar-refractivity contribution in [2.45, 2.75) is 58.2 Å². The van der Waals surface area contributed by atoms with Crippen LogP contribution in [0.3, 0.4) is 0 Å². The number of allylic oxidation sites excluding steroid dienone is 2. The van der Waals surface area contributed by atoms with Crippen LogP contribution in [0.1, 0.15) is 45.1 Å². The quantitative estimate of drug-likeness (QED) is 0.672. The zero-order valence-electron chi connectivity index (χ0n) is 18.5. The molecule has 8 heteroatoms. The lowest BCUT2D eigenvalue weighted by Crippen LogP contribution is -2.49. The van der Waals surface area contributed by atoms with Gasteiger partial charge in [0.2, 0.25) is 18.6 Å². The zero-order valence-corrected chi connectivity index (χ0v) is 18.5. The largest absolute Gasteiger partial charge is 0.454 e. The van der Waals surface area contributed by atoms with E-state index in [-0.39, 0.29) is 30.7 Å². The minimum absolute atomic E-state index is 0.0779. The number of amides is 1. The number of nitrogens with two attached hydrogens (primary N) is 1. The van der Waals surface area contributed by atoms with Gasteiger partial charge in [-0.15, -0.1) is 0 Å². The van der Waals surface area contributed by atoms with Crippen LogP contribution in [0.25, 0.3) is 0 Å². The van der Waals surface area contributed by atoms with Gasteiger partial charge in [-0.2, -0.15) is 4.98 Å². The number of fused-ring (bicyclic) bond motifs is 3. The second-order valence-electron chi connectivity index (χ2n) is 9.14. The Kier molecular flexibility index (Phi) is 5.15. The summed E-state index contributed by atoms with van der Waals surface area (Å²) in [6.45, 7) is 4.84. The lowest BCUT2D eigenvalue weighted by Gasteiger charge is -2.36. The molecule has 2 bridgehead atoms. The second-order valence-corrected chi connectivity index (χ2v) is 9.14. The van der Waals surface area contributed by atoms with Gasteiger partial charge in [-0.1, -0.05) is 17.7 Å². The third-order valence-corrected chi connectivity index (χ3v) is 6.88. The first kappa shape index (κ1) is 20.6. The summed E-state index contributed by atoms with van der Waals surface area (Å²) in [6, 6.07) is 8.03. The molecule has 3 atom stereocenters. The van der Waals surface area contributed by atoms with Crippen molar-refractivity contribution in [1.29, 1.82) is 0 Å². The van der Waals surface area contributed by atoms with Gasteiger partial charge in [-0.05, 0) is 63.3 Å². The van der Waals surface area contributed by atoms with Crippen molar-refractivity contribution in [2.75, 3.05) is 17.4 Å². The predicted molar refractivity (Wildman–Crippen MR) is 121 cm³/mol. The summed E-state index contributed by atoms with van der Waals surface area (Å²) in [5, 5.41) is 3.22. The number of aromatic nitrogens is 2. The summed E-state index contributed by atoms with van der Waals surface area (Å²) in [5.41, 5.74) is 7.56. The van der Waals surface area contributed by atoms with Gasteiger partial charge in [0.1, 0.15) is 5.82 Å². The molecule has 0 saturated carbocycles. The molecule has 1 aromatic carbocycles. The highest BCUT2D eigenvalue weighted by Gasteiger charge is 2.59. The van der Waals surface area contributed by atoms with Crippen LogP contribution in [0.5, 0.6) is 11.5 Å². The Bertz CT molecular complexity index is 1070. The van der Waals surface area contributed by atoms with E-state index in [1.54, 1.807) is 6.20 Å². The first-order chi connectivity index (χ1) is 15.5. The molecular weight excluding hydrogens is 406 g/mol. The molecule has 0 aliphatic carbocycles. The van der Waals surface area contributed by atoms with Crippen molar-refractivity contribution < 1.29 is 14.3 Å². The van der Waals surface area contributed by atoms with Crippen LogP contribution in [0.4, 0.5) is 11.8 Å². The lowest BCUT2D eigenvalue weighted by atomic mass is 9.70. The molecule has 1 aromatic heterocycles. The number of ether oxygens (including phenoxy) is 2. The molecule has 168 valence electrons. The van der Waals surface area contributed by atoms with Gasteiger partial charge in [0.15, 0.2) is 11.5 Å². The van der Waals surface area contributed by atoms with Crippen molar-refractivity contribution in [2.24, 2.45) is 5.41 Å². The zero-order chi connectivity index (χ0) is 22.3. The summed E-state index contributed by atoms with van der Waals surface area (Å²) < 4.78 is 10.9. The number of nitrogens with zero attached hydrogens (tertiary/aromatic N) is 3. The maximum absolute atomic E-state index is 13.7. The molecule has 4 heterocycles. The summed E-state index contributed by atoms with van der Waals surface area (Å²) in [4.78, 5) is 24.5. The van der Waals surface area contributed by atoms with Gasteiger partial charge in [0.05, 0.1) is 5.41 Å². The number of hydrogen-bond acceptors (Lipinski definition) is 7.